The number of anilines is 1. The standard InChI is InChI=1S/C16H23N2.ClH/c1-5-7-12-18(4,11-6-2)14(3)15-9-8-10-16(17)13-15;/h6,8-10,13-14H,2,11-12,17H2,1,3-4H3;1H/q+1;/p-1. The molecule has 104 valence electrons. The first-order valence-corrected chi connectivity index (χ1v) is 6.23. The van der Waals surface area contributed by atoms with Gasteiger partial charge < -0.3 is 22.6 Å². The van der Waals surface area contributed by atoms with Crippen LogP contribution < -0.4 is 18.1 Å². The van der Waals surface area contributed by atoms with E-state index in [9.17, 15) is 0 Å². The van der Waals surface area contributed by atoms with Crippen molar-refractivity contribution >= 4 is 5.69 Å². The van der Waals surface area contributed by atoms with Crippen LogP contribution in [0.4, 0.5) is 5.69 Å². The van der Waals surface area contributed by atoms with Crippen molar-refractivity contribution in [2.24, 2.45) is 0 Å². The Balaban J connectivity index is 0.00000324. The molecule has 2 N–H and O–H groups in total. The molecule has 0 bridgehead atoms. The molecule has 0 heterocycles. The molecule has 2 atom stereocenters. The molecular weight excluding hydrogens is 256 g/mol. The van der Waals surface area contributed by atoms with Gasteiger partial charge in [-0.05, 0) is 38.0 Å². The van der Waals surface area contributed by atoms with E-state index in [1.165, 1.54) is 5.56 Å². The third kappa shape index (κ3) is 4.63. The summed E-state index contributed by atoms with van der Waals surface area (Å²) in [5, 5.41) is 0. The molecule has 0 aliphatic carbocycles. The van der Waals surface area contributed by atoms with Crippen molar-refractivity contribution in [1.82, 2.24) is 0 Å². The Bertz CT molecular complexity index is 473. The Morgan fingerprint density at radius 2 is 2.16 bits per heavy atom. The second-order valence-electron chi connectivity index (χ2n) is 4.88. The number of nitrogens with zero attached hydrogens (tertiary/aromatic N) is 1. The van der Waals surface area contributed by atoms with Gasteiger partial charge >= 0.3 is 0 Å². The highest BCUT2D eigenvalue weighted by Crippen LogP contribution is 2.27. The van der Waals surface area contributed by atoms with Crippen molar-refractivity contribution in [1.29, 1.82) is 0 Å². The number of nitrogen functional groups attached to an aromatic ring is 1. The predicted molar refractivity (Wildman–Crippen MR) is 78.8 cm³/mol. The van der Waals surface area contributed by atoms with Gasteiger partial charge in [-0.1, -0.05) is 18.7 Å². The van der Waals surface area contributed by atoms with Crippen molar-refractivity contribution in [2.75, 3.05) is 25.9 Å². The maximum absolute atomic E-state index is 5.86. The van der Waals surface area contributed by atoms with Crippen LogP contribution >= 0.6 is 0 Å². The molecule has 0 saturated carbocycles. The molecule has 0 aromatic heterocycles. The summed E-state index contributed by atoms with van der Waals surface area (Å²) < 4.78 is 0.827. The Labute approximate surface area is 123 Å². The minimum atomic E-state index is 0. The maximum Gasteiger partial charge on any atom is 0.141 e. The van der Waals surface area contributed by atoms with Crippen LogP contribution in [0.2, 0.25) is 0 Å². The fourth-order valence-corrected chi connectivity index (χ4v) is 2.09. The van der Waals surface area contributed by atoms with E-state index in [-0.39, 0.29) is 12.4 Å². The molecule has 2 unspecified atom stereocenters. The SMILES string of the molecule is C=CC[N+](C)(CC#CC)C(C)c1cccc(N)c1.[Cl-]. The Hall–Kier alpha value is -1.43. The van der Waals surface area contributed by atoms with E-state index in [0.29, 0.717) is 6.04 Å². The summed E-state index contributed by atoms with van der Waals surface area (Å²) in [4.78, 5) is 0. The molecular formula is C16H23ClN2. The van der Waals surface area contributed by atoms with Gasteiger partial charge in [0.05, 0.1) is 13.6 Å². The third-order valence-electron chi connectivity index (χ3n) is 3.49. The van der Waals surface area contributed by atoms with Crippen LogP contribution in [0.1, 0.15) is 25.5 Å². The highest BCUT2D eigenvalue weighted by molar-refractivity contribution is 5.41. The van der Waals surface area contributed by atoms with E-state index in [4.69, 9.17) is 5.73 Å². The van der Waals surface area contributed by atoms with Crippen LogP contribution in [0.15, 0.2) is 36.9 Å². The average Bonchev–Trinajstić information content (AvgIpc) is 2.36. The maximum atomic E-state index is 5.86. The average molecular weight is 279 g/mol. The lowest BCUT2D eigenvalue weighted by molar-refractivity contribution is -0.925. The van der Waals surface area contributed by atoms with Crippen molar-refractivity contribution < 1.29 is 16.9 Å². The number of halogens is 1. The second-order valence-corrected chi connectivity index (χ2v) is 4.88. The Morgan fingerprint density at radius 3 is 2.68 bits per heavy atom. The molecule has 2 nitrogen and oxygen atoms in total. The van der Waals surface area contributed by atoms with Crippen LogP contribution in [0, 0.1) is 11.8 Å². The van der Waals surface area contributed by atoms with Crippen molar-refractivity contribution in [3.05, 3.63) is 42.5 Å². The number of likely N-dealkylation sites (N-methyl/N-ethyl adjacent to an activating group) is 1. The number of hydrogen-bond acceptors (Lipinski definition) is 1. The van der Waals surface area contributed by atoms with Crippen LogP contribution in [0.5, 0.6) is 0 Å². The molecule has 0 radical (unpaired) electrons. The smallest absolute Gasteiger partial charge is 0.141 e. The molecule has 1 rings (SSSR count). The van der Waals surface area contributed by atoms with Gasteiger partial charge in [0.15, 0.2) is 0 Å². The largest absolute Gasteiger partial charge is 1.00 e. The predicted octanol–water partition coefficient (Wildman–Crippen LogP) is -0.0103. The lowest BCUT2D eigenvalue weighted by Gasteiger charge is -2.38. The summed E-state index contributed by atoms with van der Waals surface area (Å²) in [6.45, 7) is 9.67. The van der Waals surface area contributed by atoms with E-state index in [1.807, 2.05) is 31.2 Å². The van der Waals surface area contributed by atoms with E-state index in [0.717, 1.165) is 23.3 Å². The summed E-state index contributed by atoms with van der Waals surface area (Å²) in [6.07, 6.45) is 1.96. The molecule has 0 aliphatic heterocycles. The number of quaternary nitrogens is 1. The van der Waals surface area contributed by atoms with E-state index >= 15 is 0 Å². The Kier molecular flexibility index (Phi) is 7.29. The van der Waals surface area contributed by atoms with E-state index in [2.05, 4.69) is 38.5 Å². The molecule has 0 aliphatic rings. The van der Waals surface area contributed by atoms with Gasteiger partial charge in [0.1, 0.15) is 12.6 Å². The fourth-order valence-electron chi connectivity index (χ4n) is 2.09. The van der Waals surface area contributed by atoms with Gasteiger partial charge in [0, 0.05) is 11.3 Å². The molecule has 0 amide bonds. The summed E-state index contributed by atoms with van der Waals surface area (Å²) in [5.41, 5.74) is 7.92. The number of rotatable bonds is 5. The first-order chi connectivity index (χ1) is 8.53. The molecule has 0 saturated heterocycles. The van der Waals surface area contributed by atoms with Crippen LogP contribution in [0.3, 0.4) is 0 Å². The zero-order chi connectivity index (χ0) is 13.6. The summed E-state index contributed by atoms with van der Waals surface area (Å²) >= 11 is 0. The normalized spacial score (nSPS) is 14.3. The van der Waals surface area contributed by atoms with Gasteiger partial charge in [-0.25, -0.2) is 0 Å². The molecule has 3 heteroatoms. The molecule has 1 aromatic rings. The summed E-state index contributed by atoms with van der Waals surface area (Å²) in [5.74, 6) is 6.16. The van der Waals surface area contributed by atoms with Gasteiger partial charge in [-0.2, -0.15) is 0 Å². The quantitative estimate of drug-likeness (QED) is 0.349. The van der Waals surface area contributed by atoms with E-state index < -0.39 is 0 Å². The third-order valence-corrected chi connectivity index (χ3v) is 3.49. The summed E-state index contributed by atoms with van der Waals surface area (Å²) in [6, 6.07) is 8.43. The molecule has 19 heavy (non-hydrogen) atoms. The minimum Gasteiger partial charge on any atom is -1.00 e. The molecule has 1 aromatic carbocycles. The van der Waals surface area contributed by atoms with E-state index in [1.54, 1.807) is 0 Å². The zero-order valence-corrected chi connectivity index (χ0v) is 12.7. The van der Waals surface area contributed by atoms with Crippen molar-refractivity contribution in [2.45, 2.75) is 19.9 Å². The minimum absolute atomic E-state index is 0. The lowest BCUT2D eigenvalue weighted by atomic mass is 10.0. The first-order valence-electron chi connectivity index (χ1n) is 6.23. The highest BCUT2D eigenvalue weighted by atomic mass is 35.5. The zero-order valence-electron chi connectivity index (χ0n) is 12.0. The topological polar surface area (TPSA) is 26.0 Å². The second kappa shape index (κ2) is 7.89. The number of nitrogens with two attached hydrogens (primary N) is 1. The number of benzene rings is 1. The summed E-state index contributed by atoms with van der Waals surface area (Å²) in [7, 11) is 2.21. The highest BCUT2D eigenvalue weighted by Gasteiger charge is 2.28. The molecule has 0 spiro atoms. The lowest BCUT2D eigenvalue weighted by Crippen LogP contribution is -3.00. The van der Waals surface area contributed by atoms with Gasteiger partial charge in [-0.3, -0.25) is 0 Å². The molecule has 0 fully saturated rings. The number of hydrogen-bond donors (Lipinski definition) is 1. The van der Waals surface area contributed by atoms with Gasteiger partial charge in [-0.15, -0.1) is 5.92 Å². The van der Waals surface area contributed by atoms with Gasteiger partial charge in [0.25, 0.3) is 0 Å². The van der Waals surface area contributed by atoms with Crippen molar-refractivity contribution in [3.63, 3.8) is 0 Å². The Morgan fingerprint density at radius 1 is 1.47 bits per heavy atom. The monoisotopic (exact) mass is 278 g/mol. The fraction of sp³-hybridized carbons (Fsp3) is 0.375. The van der Waals surface area contributed by atoms with Crippen molar-refractivity contribution in [3.8, 4) is 11.8 Å². The van der Waals surface area contributed by atoms with Crippen LogP contribution in [0.25, 0.3) is 0 Å². The van der Waals surface area contributed by atoms with Crippen LogP contribution in [-0.4, -0.2) is 24.6 Å². The van der Waals surface area contributed by atoms with Gasteiger partial charge in [0.2, 0.25) is 0 Å². The van der Waals surface area contributed by atoms with Crippen LogP contribution in [-0.2, 0) is 0 Å². The first kappa shape index (κ1) is 17.6.